The number of rotatable bonds is 5. The lowest BCUT2D eigenvalue weighted by atomic mass is 10.3. The van der Waals surface area contributed by atoms with Gasteiger partial charge in [-0.2, -0.15) is 0 Å². The monoisotopic (exact) mass is 305 g/mol. The minimum absolute atomic E-state index is 0.00990. The summed E-state index contributed by atoms with van der Waals surface area (Å²) in [7, 11) is 0. The van der Waals surface area contributed by atoms with Gasteiger partial charge in [0.05, 0.1) is 21.4 Å². The van der Waals surface area contributed by atoms with Crippen LogP contribution in [0.2, 0.25) is 0 Å². The zero-order chi connectivity index (χ0) is 15.2. The molecule has 1 amide bonds. The number of hydrogen-bond donors (Lipinski definition) is 2. The van der Waals surface area contributed by atoms with E-state index in [0.717, 1.165) is 18.0 Å². The summed E-state index contributed by atoms with van der Waals surface area (Å²) in [6, 6.07) is 9.22. The Morgan fingerprint density at radius 1 is 1.33 bits per heavy atom. The van der Waals surface area contributed by atoms with Crippen LogP contribution in [0.3, 0.4) is 0 Å². The number of aromatic nitrogens is 1. The van der Waals surface area contributed by atoms with E-state index < -0.39 is 4.92 Å². The maximum Gasteiger partial charge on any atom is 0.287 e. The van der Waals surface area contributed by atoms with Crippen molar-refractivity contribution in [3.63, 3.8) is 0 Å². The fourth-order valence-corrected chi connectivity index (χ4v) is 2.11. The summed E-state index contributed by atoms with van der Waals surface area (Å²) < 4.78 is 0. The number of carbonyl (C=O) groups excluding carboxylic acids is 1. The third kappa shape index (κ3) is 4.18. The van der Waals surface area contributed by atoms with Gasteiger partial charge in [0.15, 0.2) is 0 Å². The Morgan fingerprint density at radius 3 is 2.71 bits per heavy atom. The minimum atomic E-state index is -0.535. The Morgan fingerprint density at radius 2 is 2.10 bits per heavy atom. The van der Waals surface area contributed by atoms with Gasteiger partial charge in [0.1, 0.15) is 11.9 Å². The zero-order valence-electron chi connectivity index (χ0n) is 10.7. The maximum atomic E-state index is 11.7. The second-order valence-electron chi connectivity index (χ2n) is 3.97. The van der Waals surface area contributed by atoms with E-state index in [1.165, 1.54) is 18.2 Å². The largest absolute Gasteiger partial charge is 0.506 e. The molecule has 2 N–H and O–H groups in total. The lowest BCUT2D eigenvalue weighted by molar-refractivity contribution is -0.385. The first kappa shape index (κ1) is 14.8. The summed E-state index contributed by atoms with van der Waals surface area (Å²) in [5.74, 6) is -0.231. The van der Waals surface area contributed by atoms with Crippen LogP contribution >= 0.6 is 11.8 Å². The molecule has 0 fully saturated rings. The van der Waals surface area contributed by atoms with Gasteiger partial charge >= 0.3 is 0 Å². The molecule has 2 rings (SSSR count). The number of nitrogens with one attached hydrogen (secondary N) is 1. The number of nitro groups is 1. The van der Waals surface area contributed by atoms with E-state index in [1.807, 2.05) is 0 Å². The van der Waals surface area contributed by atoms with Gasteiger partial charge in [-0.3, -0.25) is 14.9 Å². The number of phenols is 1. The molecular formula is C13H11N3O4S. The minimum Gasteiger partial charge on any atom is -0.506 e. The van der Waals surface area contributed by atoms with Crippen molar-refractivity contribution in [2.45, 2.75) is 5.03 Å². The number of amides is 1. The number of phenolic OH excluding ortho intramolecular Hbond substituents is 1. The first-order valence-electron chi connectivity index (χ1n) is 5.87. The van der Waals surface area contributed by atoms with E-state index in [1.54, 1.807) is 18.2 Å². The molecule has 0 aliphatic rings. The molecule has 108 valence electrons. The Bertz CT molecular complexity index is 661. The maximum absolute atomic E-state index is 11.7. The Balaban J connectivity index is 1.89. The molecule has 2 aromatic rings. The molecule has 0 aliphatic carbocycles. The molecule has 0 unspecified atom stereocenters. The molecular weight excluding hydrogens is 294 g/mol. The molecule has 21 heavy (non-hydrogen) atoms. The fraction of sp³-hybridized carbons (Fsp3) is 0.0769. The van der Waals surface area contributed by atoms with E-state index >= 15 is 0 Å². The second kappa shape index (κ2) is 6.71. The highest BCUT2D eigenvalue weighted by Gasteiger charge is 2.09. The van der Waals surface area contributed by atoms with Crippen LogP contribution < -0.4 is 5.32 Å². The van der Waals surface area contributed by atoms with Gasteiger partial charge in [0, 0.05) is 6.07 Å². The number of hydrogen-bond acceptors (Lipinski definition) is 6. The molecule has 0 radical (unpaired) electrons. The zero-order valence-corrected chi connectivity index (χ0v) is 11.5. The lowest BCUT2D eigenvalue weighted by Crippen LogP contribution is -2.14. The SMILES string of the molecule is O=C(CSc1ccc([N+](=O)[O-])cn1)Nc1ccccc1O. The van der Waals surface area contributed by atoms with E-state index in [-0.39, 0.29) is 23.1 Å². The topological polar surface area (TPSA) is 105 Å². The summed E-state index contributed by atoms with van der Waals surface area (Å²) in [5, 5.41) is 23.1. The van der Waals surface area contributed by atoms with Gasteiger partial charge in [-0.1, -0.05) is 23.9 Å². The first-order valence-corrected chi connectivity index (χ1v) is 6.86. The van der Waals surface area contributed by atoms with Gasteiger partial charge < -0.3 is 10.4 Å². The van der Waals surface area contributed by atoms with Crippen molar-refractivity contribution in [1.29, 1.82) is 0 Å². The van der Waals surface area contributed by atoms with E-state index in [0.29, 0.717) is 10.7 Å². The second-order valence-corrected chi connectivity index (χ2v) is 4.96. The van der Waals surface area contributed by atoms with Crippen molar-refractivity contribution in [1.82, 2.24) is 4.98 Å². The molecule has 0 bridgehead atoms. The Hall–Kier alpha value is -2.61. The number of carbonyl (C=O) groups is 1. The number of para-hydroxylation sites is 2. The Kier molecular flexibility index (Phi) is 4.72. The lowest BCUT2D eigenvalue weighted by Gasteiger charge is -2.06. The predicted octanol–water partition coefficient (Wildman–Crippen LogP) is 2.43. The highest BCUT2D eigenvalue weighted by molar-refractivity contribution is 7.99. The number of thioether (sulfide) groups is 1. The number of nitrogens with zero attached hydrogens (tertiary/aromatic N) is 2. The van der Waals surface area contributed by atoms with Crippen LogP contribution in [0, 0.1) is 10.1 Å². The highest BCUT2D eigenvalue weighted by Crippen LogP contribution is 2.23. The molecule has 8 heteroatoms. The summed E-state index contributed by atoms with van der Waals surface area (Å²) in [6.07, 6.45) is 1.14. The van der Waals surface area contributed by atoms with Crippen molar-refractivity contribution in [3.8, 4) is 5.75 Å². The molecule has 1 aromatic carbocycles. The third-order valence-corrected chi connectivity index (χ3v) is 3.40. The number of pyridine rings is 1. The summed E-state index contributed by atoms with van der Waals surface area (Å²) >= 11 is 1.15. The van der Waals surface area contributed by atoms with Gasteiger partial charge in [-0.25, -0.2) is 4.98 Å². The standard InChI is InChI=1S/C13H11N3O4S/c17-11-4-2-1-3-10(11)15-12(18)8-21-13-6-5-9(7-14-13)16(19)20/h1-7,17H,8H2,(H,15,18). The Labute approximate surface area is 124 Å². The highest BCUT2D eigenvalue weighted by atomic mass is 32.2. The van der Waals surface area contributed by atoms with Crippen LogP contribution in [0.4, 0.5) is 11.4 Å². The third-order valence-electron chi connectivity index (χ3n) is 2.46. The van der Waals surface area contributed by atoms with Gasteiger partial charge in [0.25, 0.3) is 5.69 Å². The number of benzene rings is 1. The fourth-order valence-electron chi connectivity index (χ4n) is 1.47. The molecule has 0 spiro atoms. The van der Waals surface area contributed by atoms with E-state index in [2.05, 4.69) is 10.3 Å². The van der Waals surface area contributed by atoms with Crippen LogP contribution in [0.1, 0.15) is 0 Å². The van der Waals surface area contributed by atoms with Crippen LogP contribution in [0.5, 0.6) is 5.75 Å². The molecule has 0 aliphatic heterocycles. The summed E-state index contributed by atoms with van der Waals surface area (Å²) in [6.45, 7) is 0. The van der Waals surface area contributed by atoms with Crippen molar-refractivity contribution >= 4 is 29.0 Å². The van der Waals surface area contributed by atoms with Crippen LogP contribution in [-0.2, 0) is 4.79 Å². The van der Waals surface area contributed by atoms with Gasteiger partial charge in [-0.05, 0) is 18.2 Å². The molecule has 7 nitrogen and oxygen atoms in total. The molecule has 0 atom stereocenters. The normalized spacial score (nSPS) is 10.1. The smallest absolute Gasteiger partial charge is 0.287 e. The average molecular weight is 305 g/mol. The predicted molar refractivity (Wildman–Crippen MR) is 78.4 cm³/mol. The summed E-state index contributed by atoms with van der Waals surface area (Å²) in [5.41, 5.74) is 0.234. The van der Waals surface area contributed by atoms with Crippen LogP contribution in [0.25, 0.3) is 0 Å². The van der Waals surface area contributed by atoms with Crippen molar-refractivity contribution < 1.29 is 14.8 Å². The molecule has 0 saturated heterocycles. The van der Waals surface area contributed by atoms with Gasteiger partial charge in [0.2, 0.25) is 5.91 Å². The van der Waals surface area contributed by atoms with Gasteiger partial charge in [-0.15, -0.1) is 0 Å². The first-order chi connectivity index (χ1) is 10.1. The van der Waals surface area contributed by atoms with Crippen LogP contribution in [0.15, 0.2) is 47.6 Å². The molecule has 0 saturated carbocycles. The van der Waals surface area contributed by atoms with Crippen molar-refractivity contribution in [2.75, 3.05) is 11.1 Å². The average Bonchev–Trinajstić information content (AvgIpc) is 2.48. The molecule has 1 heterocycles. The van der Waals surface area contributed by atoms with E-state index in [9.17, 15) is 20.0 Å². The molecule has 1 aromatic heterocycles. The van der Waals surface area contributed by atoms with Crippen LogP contribution in [-0.4, -0.2) is 26.7 Å². The number of aromatic hydroxyl groups is 1. The summed E-state index contributed by atoms with van der Waals surface area (Å²) in [4.78, 5) is 25.6. The van der Waals surface area contributed by atoms with Crippen molar-refractivity contribution in [3.05, 3.63) is 52.7 Å². The number of anilines is 1. The quantitative estimate of drug-likeness (QED) is 0.380. The van der Waals surface area contributed by atoms with E-state index in [4.69, 9.17) is 0 Å². The van der Waals surface area contributed by atoms with Crippen molar-refractivity contribution in [2.24, 2.45) is 0 Å².